The Bertz CT molecular complexity index is 901. The second kappa shape index (κ2) is 6.82. The van der Waals surface area contributed by atoms with Gasteiger partial charge in [0, 0.05) is 10.6 Å². The molecule has 3 aromatic rings. The number of hydrogen-bond donors (Lipinski definition) is 1. The van der Waals surface area contributed by atoms with Crippen LogP contribution in [0.15, 0.2) is 65.8 Å². The van der Waals surface area contributed by atoms with E-state index in [0.29, 0.717) is 10.6 Å². The number of amides is 1. The third-order valence-electron chi connectivity index (χ3n) is 3.37. The molecule has 0 fully saturated rings. The van der Waals surface area contributed by atoms with E-state index >= 15 is 0 Å². The fraction of sp³-hybridized carbons (Fsp3) is 0. The maximum Gasteiger partial charge on any atom is 0.272 e. The number of nitrogens with one attached hydrogen (secondary N) is 1. The maximum absolute atomic E-state index is 12.1. The molecule has 0 unspecified atom stereocenters. The van der Waals surface area contributed by atoms with Crippen molar-refractivity contribution in [1.82, 2.24) is 5.43 Å². The van der Waals surface area contributed by atoms with Gasteiger partial charge >= 0.3 is 0 Å². The first-order valence-corrected chi connectivity index (χ1v) is 7.67. The number of rotatable bonds is 3. The molecule has 0 aliphatic rings. The average Bonchev–Trinajstić information content (AvgIpc) is 2.55. The van der Waals surface area contributed by atoms with Gasteiger partial charge in [-0.05, 0) is 29.0 Å². The molecule has 0 aliphatic heterocycles. The van der Waals surface area contributed by atoms with Crippen LogP contribution in [0, 0.1) is 0 Å². The third-order valence-corrected chi connectivity index (χ3v) is 3.92. The molecule has 0 bridgehead atoms. The standard InChI is InChI=1S/C18H12Cl2N2O/c19-14-8-9-16(17(20)10-14)18(23)22-21-11-13-6-3-5-12-4-1-2-7-15(12)13/h1-11H,(H,22,23)/b21-11+. The lowest BCUT2D eigenvalue weighted by Crippen LogP contribution is -2.18. The third kappa shape index (κ3) is 3.52. The van der Waals surface area contributed by atoms with Crippen molar-refractivity contribution >= 4 is 46.1 Å². The highest BCUT2D eigenvalue weighted by molar-refractivity contribution is 6.36. The van der Waals surface area contributed by atoms with Gasteiger partial charge in [-0.1, -0.05) is 65.7 Å². The van der Waals surface area contributed by atoms with E-state index in [1.54, 1.807) is 18.3 Å². The molecule has 23 heavy (non-hydrogen) atoms. The lowest BCUT2D eigenvalue weighted by atomic mass is 10.1. The Kier molecular flexibility index (Phi) is 4.60. The molecule has 0 radical (unpaired) electrons. The number of carbonyl (C=O) groups excluding carboxylic acids is 1. The van der Waals surface area contributed by atoms with Gasteiger partial charge in [0.05, 0.1) is 16.8 Å². The number of hydrogen-bond acceptors (Lipinski definition) is 2. The van der Waals surface area contributed by atoms with Crippen molar-refractivity contribution < 1.29 is 4.79 Å². The summed E-state index contributed by atoms with van der Waals surface area (Å²) in [5, 5.41) is 6.96. The molecular formula is C18H12Cl2N2O. The summed E-state index contributed by atoms with van der Waals surface area (Å²) in [5.74, 6) is -0.386. The Hall–Kier alpha value is -2.36. The zero-order chi connectivity index (χ0) is 16.2. The molecule has 0 saturated heterocycles. The number of hydrazone groups is 1. The summed E-state index contributed by atoms with van der Waals surface area (Å²) < 4.78 is 0. The summed E-state index contributed by atoms with van der Waals surface area (Å²) in [5.41, 5.74) is 3.72. The monoisotopic (exact) mass is 342 g/mol. The van der Waals surface area contributed by atoms with Gasteiger partial charge in [0.25, 0.3) is 5.91 Å². The molecule has 0 atom stereocenters. The van der Waals surface area contributed by atoms with E-state index in [1.165, 1.54) is 6.07 Å². The lowest BCUT2D eigenvalue weighted by molar-refractivity contribution is 0.0955. The van der Waals surface area contributed by atoms with Crippen molar-refractivity contribution in [2.24, 2.45) is 5.10 Å². The predicted molar refractivity (Wildman–Crippen MR) is 95.5 cm³/mol. The zero-order valence-corrected chi connectivity index (χ0v) is 13.5. The minimum atomic E-state index is -0.386. The van der Waals surface area contributed by atoms with Gasteiger partial charge in [-0.2, -0.15) is 5.10 Å². The Balaban J connectivity index is 1.79. The number of benzene rings is 3. The van der Waals surface area contributed by atoms with E-state index in [2.05, 4.69) is 10.5 Å². The van der Waals surface area contributed by atoms with Crippen molar-refractivity contribution in [2.45, 2.75) is 0 Å². The zero-order valence-electron chi connectivity index (χ0n) is 12.0. The minimum absolute atomic E-state index is 0.287. The topological polar surface area (TPSA) is 41.5 Å². The van der Waals surface area contributed by atoms with Gasteiger partial charge in [0.2, 0.25) is 0 Å². The minimum Gasteiger partial charge on any atom is -0.267 e. The van der Waals surface area contributed by atoms with Crippen LogP contribution < -0.4 is 5.43 Å². The van der Waals surface area contributed by atoms with E-state index in [4.69, 9.17) is 23.2 Å². The molecule has 0 aromatic heterocycles. The average molecular weight is 343 g/mol. The van der Waals surface area contributed by atoms with E-state index < -0.39 is 0 Å². The quantitative estimate of drug-likeness (QED) is 0.533. The van der Waals surface area contributed by atoms with Gasteiger partial charge in [0.1, 0.15) is 0 Å². The van der Waals surface area contributed by atoms with Crippen molar-refractivity contribution in [2.75, 3.05) is 0 Å². The van der Waals surface area contributed by atoms with Crippen LogP contribution in [0.2, 0.25) is 10.0 Å². The highest BCUT2D eigenvalue weighted by Gasteiger charge is 2.09. The molecule has 0 heterocycles. The predicted octanol–water partition coefficient (Wildman–Crippen LogP) is 4.91. The van der Waals surface area contributed by atoms with Crippen LogP contribution >= 0.6 is 23.2 Å². The van der Waals surface area contributed by atoms with Gasteiger partial charge in [-0.15, -0.1) is 0 Å². The Morgan fingerprint density at radius 2 is 1.78 bits per heavy atom. The summed E-state index contributed by atoms with van der Waals surface area (Å²) in [4.78, 5) is 12.1. The first kappa shape index (κ1) is 15.5. The number of nitrogens with zero attached hydrogens (tertiary/aromatic N) is 1. The molecule has 3 aromatic carbocycles. The van der Waals surface area contributed by atoms with Gasteiger partial charge in [-0.3, -0.25) is 4.79 Å². The first-order valence-electron chi connectivity index (χ1n) is 6.91. The van der Waals surface area contributed by atoms with E-state index in [9.17, 15) is 4.79 Å². The van der Waals surface area contributed by atoms with Gasteiger partial charge < -0.3 is 0 Å². The Morgan fingerprint density at radius 3 is 2.61 bits per heavy atom. The fourth-order valence-corrected chi connectivity index (χ4v) is 2.75. The number of carbonyl (C=O) groups is 1. The van der Waals surface area contributed by atoms with E-state index in [0.717, 1.165) is 16.3 Å². The second-order valence-corrected chi connectivity index (χ2v) is 5.74. The van der Waals surface area contributed by atoms with Crippen molar-refractivity contribution in [1.29, 1.82) is 0 Å². The van der Waals surface area contributed by atoms with Gasteiger partial charge in [0.15, 0.2) is 0 Å². The van der Waals surface area contributed by atoms with Crippen LogP contribution in [-0.4, -0.2) is 12.1 Å². The highest BCUT2D eigenvalue weighted by Crippen LogP contribution is 2.21. The molecule has 0 saturated carbocycles. The summed E-state index contributed by atoms with van der Waals surface area (Å²) in [6.45, 7) is 0. The van der Waals surface area contributed by atoms with E-state index in [-0.39, 0.29) is 10.9 Å². The normalized spacial score (nSPS) is 11.0. The fourth-order valence-electron chi connectivity index (χ4n) is 2.26. The van der Waals surface area contributed by atoms with Crippen LogP contribution in [0.4, 0.5) is 0 Å². The van der Waals surface area contributed by atoms with Crippen LogP contribution in [0.5, 0.6) is 0 Å². The summed E-state index contributed by atoms with van der Waals surface area (Å²) in [6, 6.07) is 18.6. The molecular weight excluding hydrogens is 331 g/mol. The first-order chi connectivity index (χ1) is 11.1. The van der Waals surface area contributed by atoms with Crippen LogP contribution in [-0.2, 0) is 0 Å². The number of fused-ring (bicyclic) bond motifs is 1. The number of halogens is 2. The van der Waals surface area contributed by atoms with Crippen LogP contribution in [0.3, 0.4) is 0 Å². The molecule has 114 valence electrons. The lowest BCUT2D eigenvalue weighted by Gasteiger charge is -2.04. The molecule has 5 heteroatoms. The second-order valence-electron chi connectivity index (χ2n) is 4.89. The summed E-state index contributed by atoms with van der Waals surface area (Å²) in [7, 11) is 0. The van der Waals surface area contributed by atoms with Crippen LogP contribution in [0.1, 0.15) is 15.9 Å². The largest absolute Gasteiger partial charge is 0.272 e. The van der Waals surface area contributed by atoms with Crippen molar-refractivity contribution in [3.63, 3.8) is 0 Å². The molecule has 1 amide bonds. The van der Waals surface area contributed by atoms with E-state index in [1.807, 2.05) is 42.5 Å². The van der Waals surface area contributed by atoms with Crippen molar-refractivity contribution in [3.05, 3.63) is 81.8 Å². The highest BCUT2D eigenvalue weighted by atomic mass is 35.5. The van der Waals surface area contributed by atoms with Crippen molar-refractivity contribution in [3.8, 4) is 0 Å². The summed E-state index contributed by atoms with van der Waals surface area (Å²) in [6.07, 6.45) is 1.62. The molecule has 3 rings (SSSR count). The molecule has 0 aliphatic carbocycles. The summed E-state index contributed by atoms with van der Waals surface area (Å²) >= 11 is 11.8. The Morgan fingerprint density at radius 1 is 1.00 bits per heavy atom. The smallest absolute Gasteiger partial charge is 0.267 e. The molecule has 3 nitrogen and oxygen atoms in total. The maximum atomic E-state index is 12.1. The Labute approximate surface area is 143 Å². The molecule has 1 N–H and O–H groups in total. The van der Waals surface area contributed by atoms with Gasteiger partial charge in [-0.25, -0.2) is 5.43 Å². The molecule has 0 spiro atoms. The SMILES string of the molecule is O=C(N/N=C/c1cccc2ccccc12)c1ccc(Cl)cc1Cl. The van der Waals surface area contributed by atoms with Crippen LogP contribution in [0.25, 0.3) is 10.8 Å².